The third-order valence-corrected chi connectivity index (χ3v) is 6.99. The van der Waals surface area contributed by atoms with E-state index in [1.54, 1.807) is 6.92 Å². The number of carbonyl (C=O) groups is 4. The van der Waals surface area contributed by atoms with Crippen molar-refractivity contribution < 1.29 is 72.8 Å². The number of hydrogen-bond donors (Lipinski definition) is 4. The third-order valence-electron chi connectivity index (χ3n) is 6.99. The molecule has 9 atom stereocenters. The molecule has 0 amide bonds. The average molecular weight is 623 g/mol. The molecule has 15 heteroatoms. The van der Waals surface area contributed by atoms with E-state index in [0.29, 0.717) is 32.1 Å². The van der Waals surface area contributed by atoms with Gasteiger partial charge < -0.3 is 53.6 Å². The molecule has 0 aromatic carbocycles. The fourth-order valence-electron chi connectivity index (χ4n) is 4.78. The molecule has 2 saturated heterocycles. The monoisotopic (exact) mass is 622 g/mol. The van der Waals surface area contributed by atoms with E-state index in [1.807, 2.05) is 13.8 Å². The molecule has 15 nitrogen and oxygen atoms in total. The van der Waals surface area contributed by atoms with E-state index in [9.17, 15) is 39.6 Å². The molecule has 4 N–H and O–H groups in total. The zero-order valence-corrected chi connectivity index (χ0v) is 25.2. The second-order valence-electron chi connectivity index (χ2n) is 10.5. The van der Waals surface area contributed by atoms with Crippen LogP contribution in [-0.2, 0) is 52.3 Å². The van der Waals surface area contributed by atoms with E-state index in [2.05, 4.69) is 0 Å². The molecular weight excluding hydrogens is 576 g/mol. The summed E-state index contributed by atoms with van der Waals surface area (Å²) in [6, 6.07) is 0. The average Bonchev–Trinajstić information content (AvgIpc) is 3.23. The highest BCUT2D eigenvalue weighted by atomic mass is 16.8. The lowest BCUT2D eigenvalue weighted by Gasteiger charge is -2.46. The first kappa shape index (κ1) is 36.8. The van der Waals surface area contributed by atoms with Crippen molar-refractivity contribution in [2.24, 2.45) is 0 Å². The summed E-state index contributed by atoms with van der Waals surface area (Å²) in [5.74, 6) is -5.34. The van der Waals surface area contributed by atoms with Crippen LogP contribution in [0.15, 0.2) is 0 Å². The van der Waals surface area contributed by atoms with Crippen LogP contribution in [0.1, 0.15) is 79.1 Å². The van der Waals surface area contributed by atoms with Crippen LogP contribution >= 0.6 is 0 Å². The first-order valence-corrected chi connectivity index (χ1v) is 14.8. The SMILES string of the molecule is CCCCC(=O)OC1C(CO)OC(OC2(CO)OC(CO)C(OC(C)=O)C2O)C(OC(=O)CCC)C1OC(=O)CCCC. The van der Waals surface area contributed by atoms with Crippen LogP contribution in [0.5, 0.6) is 0 Å². The zero-order valence-electron chi connectivity index (χ0n) is 25.2. The molecule has 0 aliphatic carbocycles. The molecule has 0 bridgehead atoms. The minimum absolute atomic E-state index is 0.0139. The molecule has 0 radical (unpaired) electrons. The minimum Gasteiger partial charge on any atom is -0.457 e. The van der Waals surface area contributed by atoms with Crippen LogP contribution in [0.2, 0.25) is 0 Å². The highest BCUT2D eigenvalue weighted by molar-refractivity contribution is 5.71. The molecule has 248 valence electrons. The Bertz CT molecular complexity index is 913. The lowest BCUT2D eigenvalue weighted by atomic mass is 9.97. The van der Waals surface area contributed by atoms with Crippen LogP contribution in [0.3, 0.4) is 0 Å². The Hall–Kier alpha value is -2.40. The lowest BCUT2D eigenvalue weighted by molar-refractivity contribution is -0.384. The van der Waals surface area contributed by atoms with E-state index in [4.69, 9.17) is 33.2 Å². The maximum atomic E-state index is 12.8. The van der Waals surface area contributed by atoms with Crippen LogP contribution in [0, 0.1) is 0 Å². The minimum atomic E-state index is -2.39. The third kappa shape index (κ3) is 9.80. The molecule has 0 spiro atoms. The molecular formula is C28H46O15. The van der Waals surface area contributed by atoms with Crippen LogP contribution < -0.4 is 0 Å². The van der Waals surface area contributed by atoms with Gasteiger partial charge in [0.2, 0.25) is 12.1 Å². The Morgan fingerprint density at radius 3 is 1.72 bits per heavy atom. The normalized spacial score (nSPS) is 32.2. The molecule has 9 unspecified atom stereocenters. The largest absolute Gasteiger partial charge is 0.457 e. The van der Waals surface area contributed by atoms with Gasteiger partial charge >= 0.3 is 23.9 Å². The van der Waals surface area contributed by atoms with Crippen molar-refractivity contribution in [2.75, 3.05) is 19.8 Å². The number of rotatable bonds is 17. The summed E-state index contributed by atoms with van der Waals surface area (Å²) >= 11 is 0. The molecule has 2 rings (SSSR count). The van der Waals surface area contributed by atoms with Gasteiger partial charge in [0.05, 0.1) is 13.2 Å². The van der Waals surface area contributed by atoms with E-state index in [1.165, 1.54) is 0 Å². The molecule has 0 aromatic heterocycles. The van der Waals surface area contributed by atoms with Gasteiger partial charge in [-0.25, -0.2) is 0 Å². The van der Waals surface area contributed by atoms with Crippen molar-refractivity contribution in [3.05, 3.63) is 0 Å². The number of unbranched alkanes of at least 4 members (excludes halogenated alkanes) is 2. The molecule has 2 aliphatic heterocycles. The summed E-state index contributed by atoms with van der Waals surface area (Å²) in [6.07, 6.45) is -9.80. The van der Waals surface area contributed by atoms with Gasteiger partial charge in [-0.1, -0.05) is 33.6 Å². The number of esters is 4. The van der Waals surface area contributed by atoms with E-state index < -0.39 is 98.5 Å². The van der Waals surface area contributed by atoms with Crippen molar-refractivity contribution in [3.8, 4) is 0 Å². The number of ether oxygens (including phenoxy) is 7. The molecule has 0 aromatic rings. The number of aliphatic hydroxyl groups excluding tert-OH is 4. The molecule has 2 aliphatic rings. The predicted octanol–water partition coefficient (Wildman–Crippen LogP) is 0.00840. The first-order chi connectivity index (χ1) is 20.5. The fourth-order valence-corrected chi connectivity index (χ4v) is 4.78. The van der Waals surface area contributed by atoms with Crippen molar-refractivity contribution in [2.45, 2.75) is 134 Å². The van der Waals surface area contributed by atoms with Crippen LogP contribution in [-0.4, -0.2) is 119 Å². The quantitative estimate of drug-likeness (QED) is 0.124. The summed E-state index contributed by atoms with van der Waals surface area (Å²) in [5, 5.41) is 41.4. The van der Waals surface area contributed by atoms with Crippen molar-refractivity contribution in [1.82, 2.24) is 0 Å². The van der Waals surface area contributed by atoms with E-state index in [-0.39, 0.29) is 19.3 Å². The van der Waals surface area contributed by atoms with Gasteiger partial charge in [0.15, 0.2) is 24.4 Å². The maximum Gasteiger partial charge on any atom is 0.306 e. The Morgan fingerprint density at radius 1 is 0.698 bits per heavy atom. The number of carbonyl (C=O) groups excluding carboxylic acids is 4. The van der Waals surface area contributed by atoms with Crippen molar-refractivity contribution in [1.29, 1.82) is 0 Å². The molecule has 0 saturated carbocycles. The van der Waals surface area contributed by atoms with Crippen LogP contribution in [0.25, 0.3) is 0 Å². The topological polar surface area (TPSA) is 214 Å². The smallest absolute Gasteiger partial charge is 0.306 e. The Balaban J connectivity index is 2.55. The highest BCUT2D eigenvalue weighted by Crippen LogP contribution is 2.39. The Kier molecular flexibility index (Phi) is 15.2. The number of aliphatic hydroxyl groups is 4. The molecule has 43 heavy (non-hydrogen) atoms. The maximum absolute atomic E-state index is 12.8. The zero-order chi connectivity index (χ0) is 32.2. The summed E-state index contributed by atoms with van der Waals surface area (Å²) in [4.78, 5) is 49.9. The van der Waals surface area contributed by atoms with Gasteiger partial charge in [-0.15, -0.1) is 0 Å². The predicted molar refractivity (Wildman–Crippen MR) is 144 cm³/mol. The first-order valence-electron chi connectivity index (χ1n) is 14.8. The summed E-state index contributed by atoms with van der Waals surface area (Å²) < 4.78 is 39.4. The van der Waals surface area contributed by atoms with E-state index in [0.717, 1.165) is 6.92 Å². The second-order valence-corrected chi connectivity index (χ2v) is 10.5. The standard InChI is InChI=1S/C28H46O15/c1-5-8-11-20(34)39-22-17(13-29)38-27(25(41-19(33)10-7-3)24(22)40-21(35)12-9-6-2)43-28(15-31)26(36)23(37-16(4)32)18(14-30)42-28/h17-18,22-27,29-31,36H,5-15H2,1-4H3. The molecule has 2 heterocycles. The van der Waals surface area contributed by atoms with Crippen molar-refractivity contribution in [3.63, 3.8) is 0 Å². The fraction of sp³-hybridized carbons (Fsp3) is 0.857. The van der Waals surface area contributed by atoms with Gasteiger partial charge in [0.25, 0.3) is 0 Å². The molecule has 2 fully saturated rings. The van der Waals surface area contributed by atoms with Gasteiger partial charge in [-0.05, 0) is 19.3 Å². The number of hydrogen-bond acceptors (Lipinski definition) is 15. The summed E-state index contributed by atoms with van der Waals surface area (Å²) in [6.45, 7) is 3.97. The summed E-state index contributed by atoms with van der Waals surface area (Å²) in [5.41, 5.74) is 0. The van der Waals surface area contributed by atoms with Gasteiger partial charge in [-0.3, -0.25) is 19.2 Å². The van der Waals surface area contributed by atoms with Crippen LogP contribution in [0.4, 0.5) is 0 Å². The summed E-state index contributed by atoms with van der Waals surface area (Å²) in [7, 11) is 0. The highest BCUT2D eigenvalue weighted by Gasteiger charge is 2.61. The van der Waals surface area contributed by atoms with E-state index >= 15 is 0 Å². The van der Waals surface area contributed by atoms with Gasteiger partial charge in [-0.2, -0.15) is 0 Å². The Morgan fingerprint density at radius 2 is 1.23 bits per heavy atom. The van der Waals surface area contributed by atoms with Gasteiger partial charge in [0, 0.05) is 26.2 Å². The van der Waals surface area contributed by atoms with Crippen molar-refractivity contribution >= 4 is 23.9 Å². The Labute approximate surface area is 250 Å². The second kappa shape index (κ2) is 17.8. The lowest BCUT2D eigenvalue weighted by Crippen LogP contribution is -2.65. The van der Waals surface area contributed by atoms with Gasteiger partial charge in [0.1, 0.15) is 24.9 Å².